The smallest absolute Gasteiger partial charge is 0.240 e. The molecule has 5 heteroatoms. The van der Waals surface area contributed by atoms with Crippen molar-refractivity contribution in [2.24, 2.45) is 5.41 Å². The van der Waals surface area contributed by atoms with Gasteiger partial charge in [0.05, 0.1) is 18.3 Å². The molecular formula is C10H10N4O. The van der Waals surface area contributed by atoms with Gasteiger partial charge in [-0.25, -0.2) is 0 Å². The van der Waals surface area contributed by atoms with Crippen LogP contribution in [0.25, 0.3) is 0 Å². The summed E-state index contributed by atoms with van der Waals surface area (Å²) in [7, 11) is 0. The van der Waals surface area contributed by atoms with E-state index in [1.54, 1.807) is 18.3 Å². The van der Waals surface area contributed by atoms with E-state index in [1.807, 2.05) is 6.07 Å². The number of carbonyl (C=O) groups is 1. The number of aromatic nitrogens is 2. The van der Waals surface area contributed by atoms with Gasteiger partial charge < -0.3 is 5.32 Å². The highest BCUT2D eigenvalue weighted by atomic mass is 16.2. The summed E-state index contributed by atoms with van der Waals surface area (Å²) in [5.74, 6) is -0.198. The van der Waals surface area contributed by atoms with Crippen molar-refractivity contribution in [1.82, 2.24) is 15.5 Å². The number of hydrogen-bond donors (Lipinski definition) is 1. The van der Waals surface area contributed by atoms with Crippen molar-refractivity contribution in [2.75, 3.05) is 0 Å². The molecule has 0 aromatic carbocycles. The highest BCUT2D eigenvalue weighted by molar-refractivity contribution is 5.88. The molecule has 1 amide bonds. The van der Waals surface area contributed by atoms with Gasteiger partial charge in [0.25, 0.3) is 0 Å². The summed E-state index contributed by atoms with van der Waals surface area (Å²) >= 11 is 0. The van der Waals surface area contributed by atoms with Crippen LogP contribution in [0.4, 0.5) is 0 Å². The SMILES string of the molecule is N#CC1(C(=O)NCc2cccnn2)CC1. The van der Waals surface area contributed by atoms with Crippen LogP contribution in [0, 0.1) is 16.7 Å². The number of hydrogen-bond acceptors (Lipinski definition) is 4. The first-order chi connectivity index (χ1) is 7.27. The Morgan fingerprint density at radius 2 is 2.47 bits per heavy atom. The van der Waals surface area contributed by atoms with Crippen LogP contribution in [0.5, 0.6) is 0 Å². The lowest BCUT2D eigenvalue weighted by Gasteiger charge is -2.06. The van der Waals surface area contributed by atoms with Crippen molar-refractivity contribution in [1.29, 1.82) is 5.26 Å². The van der Waals surface area contributed by atoms with E-state index in [0.717, 1.165) is 0 Å². The molecule has 0 radical (unpaired) electrons. The van der Waals surface area contributed by atoms with Gasteiger partial charge >= 0.3 is 0 Å². The summed E-state index contributed by atoms with van der Waals surface area (Å²) < 4.78 is 0. The lowest BCUT2D eigenvalue weighted by Crippen LogP contribution is -2.30. The topological polar surface area (TPSA) is 78.7 Å². The monoisotopic (exact) mass is 202 g/mol. The van der Waals surface area contributed by atoms with Gasteiger partial charge in [0.2, 0.25) is 5.91 Å². The molecule has 0 saturated heterocycles. The van der Waals surface area contributed by atoms with Crippen LogP contribution >= 0.6 is 0 Å². The molecule has 1 heterocycles. The minimum atomic E-state index is -0.762. The minimum absolute atomic E-state index is 0.198. The van der Waals surface area contributed by atoms with Crippen molar-refractivity contribution in [3.63, 3.8) is 0 Å². The summed E-state index contributed by atoms with van der Waals surface area (Å²) in [4.78, 5) is 11.5. The molecule has 1 aliphatic carbocycles. The number of amides is 1. The highest BCUT2D eigenvalue weighted by Gasteiger charge is 2.50. The molecule has 0 aliphatic heterocycles. The zero-order chi connectivity index (χ0) is 10.7. The molecule has 1 saturated carbocycles. The maximum Gasteiger partial charge on any atom is 0.240 e. The zero-order valence-corrected chi connectivity index (χ0v) is 8.10. The molecule has 1 fully saturated rings. The molecular weight excluding hydrogens is 192 g/mol. The largest absolute Gasteiger partial charge is 0.349 e. The number of nitriles is 1. The van der Waals surface area contributed by atoms with Crippen LogP contribution in [-0.4, -0.2) is 16.1 Å². The first kappa shape index (κ1) is 9.59. The third kappa shape index (κ3) is 1.94. The number of nitrogens with zero attached hydrogens (tertiary/aromatic N) is 3. The third-order valence-electron chi connectivity index (χ3n) is 2.46. The molecule has 76 valence electrons. The van der Waals surface area contributed by atoms with E-state index in [0.29, 0.717) is 25.1 Å². The summed E-state index contributed by atoms with van der Waals surface area (Å²) in [6.45, 7) is 0.329. The van der Waals surface area contributed by atoms with Crippen molar-refractivity contribution in [3.05, 3.63) is 24.0 Å². The fourth-order valence-electron chi connectivity index (χ4n) is 1.28. The van der Waals surface area contributed by atoms with E-state index in [9.17, 15) is 4.79 Å². The molecule has 1 aromatic rings. The van der Waals surface area contributed by atoms with E-state index in [-0.39, 0.29) is 5.91 Å². The third-order valence-corrected chi connectivity index (χ3v) is 2.46. The van der Waals surface area contributed by atoms with Crippen molar-refractivity contribution in [2.45, 2.75) is 19.4 Å². The molecule has 1 aromatic heterocycles. The number of carbonyl (C=O) groups excluding carboxylic acids is 1. The number of rotatable bonds is 3. The standard InChI is InChI=1S/C10H10N4O/c11-7-10(3-4-10)9(15)12-6-8-2-1-5-13-14-8/h1-2,5H,3-4,6H2,(H,12,15). The van der Waals surface area contributed by atoms with Crippen LogP contribution in [0.2, 0.25) is 0 Å². The molecule has 0 unspecified atom stereocenters. The molecule has 1 N–H and O–H groups in total. The molecule has 0 bridgehead atoms. The second-order valence-electron chi connectivity index (χ2n) is 3.59. The predicted molar refractivity (Wildman–Crippen MR) is 51.2 cm³/mol. The fraction of sp³-hybridized carbons (Fsp3) is 0.400. The van der Waals surface area contributed by atoms with Gasteiger partial charge in [0.15, 0.2) is 0 Å². The molecule has 5 nitrogen and oxygen atoms in total. The number of nitrogens with one attached hydrogen (secondary N) is 1. The Kier molecular flexibility index (Phi) is 2.34. The predicted octanol–water partition coefficient (Wildman–Crippen LogP) is 0.397. The van der Waals surface area contributed by atoms with Crippen molar-refractivity contribution < 1.29 is 4.79 Å². The molecule has 0 atom stereocenters. The Morgan fingerprint density at radius 3 is 3.00 bits per heavy atom. The first-order valence-corrected chi connectivity index (χ1v) is 4.73. The van der Waals surface area contributed by atoms with Gasteiger partial charge in [-0.05, 0) is 25.0 Å². The van der Waals surface area contributed by atoms with Gasteiger partial charge in [0, 0.05) is 6.20 Å². The quantitative estimate of drug-likeness (QED) is 0.769. The second kappa shape index (κ2) is 3.65. The first-order valence-electron chi connectivity index (χ1n) is 4.73. The Hall–Kier alpha value is -1.96. The molecule has 0 spiro atoms. The van der Waals surface area contributed by atoms with E-state index in [2.05, 4.69) is 15.5 Å². The zero-order valence-electron chi connectivity index (χ0n) is 8.10. The van der Waals surface area contributed by atoms with Gasteiger partial charge in [-0.15, -0.1) is 0 Å². The van der Waals surface area contributed by atoms with E-state index in [1.165, 1.54) is 0 Å². The Bertz CT molecular complexity index is 405. The van der Waals surface area contributed by atoms with E-state index in [4.69, 9.17) is 5.26 Å². The van der Waals surface area contributed by atoms with Gasteiger partial charge in [-0.3, -0.25) is 4.79 Å². The molecule has 1 aliphatic rings. The summed E-state index contributed by atoms with van der Waals surface area (Å²) in [6, 6.07) is 5.57. The maximum atomic E-state index is 11.5. The van der Waals surface area contributed by atoms with Crippen LogP contribution in [0.3, 0.4) is 0 Å². The molecule has 15 heavy (non-hydrogen) atoms. The lowest BCUT2D eigenvalue weighted by atomic mass is 10.1. The van der Waals surface area contributed by atoms with Gasteiger partial charge in [-0.2, -0.15) is 15.5 Å². The summed E-state index contributed by atoms with van der Waals surface area (Å²) in [5.41, 5.74) is -0.0676. The van der Waals surface area contributed by atoms with Crippen LogP contribution < -0.4 is 5.32 Å². The Labute approximate surface area is 87.1 Å². The maximum absolute atomic E-state index is 11.5. The summed E-state index contributed by atoms with van der Waals surface area (Å²) in [5, 5.41) is 19.0. The summed E-state index contributed by atoms with van der Waals surface area (Å²) in [6.07, 6.45) is 2.90. The van der Waals surface area contributed by atoms with Gasteiger partial charge in [-0.1, -0.05) is 0 Å². The fourth-order valence-corrected chi connectivity index (χ4v) is 1.28. The minimum Gasteiger partial charge on any atom is -0.349 e. The highest BCUT2D eigenvalue weighted by Crippen LogP contribution is 2.44. The average Bonchev–Trinajstić information content (AvgIpc) is 3.08. The lowest BCUT2D eigenvalue weighted by molar-refractivity contribution is -0.124. The van der Waals surface area contributed by atoms with Crippen LogP contribution in [-0.2, 0) is 11.3 Å². The molecule has 2 rings (SSSR count). The Morgan fingerprint density at radius 1 is 1.67 bits per heavy atom. The van der Waals surface area contributed by atoms with E-state index < -0.39 is 5.41 Å². The average molecular weight is 202 g/mol. The second-order valence-corrected chi connectivity index (χ2v) is 3.59. The van der Waals surface area contributed by atoms with Crippen LogP contribution in [0.15, 0.2) is 18.3 Å². The van der Waals surface area contributed by atoms with Gasteiger partial charge in [0.1, 0.15) is 5.41 Å². The van der Waals surface area contributed by atoms with E-state index >= 15 is 0 Å². The van der Waals surface area contributed by atoms with Crippen LogP contribution in [0.1, 0.15) is 18.5 Å². The van der Waals surface area contributed by atoms with Crippen molar-refractivity contribution >= 4 is 5.91 Å². The Balaban J connectivity index is 1.90. The van der Waals surface area contributed by atoms with Crippen molar-refractivity contribution in [3.8, 4) is 6.07 Å². The normalized spacial score (nSPS) is 16.5.